The van der Waals surface area contributed by atoms with Gasteiger partial charge in [-0.1, -0.05) is 12.1 Å². The van der Waals surface area contributed by atoms with Gasteiger partial charge in [-0.15, -0.1) is 0 Å². The second-order valence-electron chi connectivity index (χ2n) is 3.54. The number of aliphatic hydroxyl groups is 2. The van der Waals surface area contributed by atoms with Crippen LogP contribution in [0.4, 0.5) is 13.2 Å². The predicted molar refractivity (Wildman–Crippen MR) is 52.8 cm³/mol. The molecule has 1 aromatic rings. The minimum absolute atomic E-state index is 0.103. The molecule has 0 saturated carbocycles. The van der Waals surface area contributed by atoms with E-state index in [1.807, 2.05) is 0 Å². The highest BCUT2D eigenvalue weighted by Crippen LogP contribution is 2.34. The van der Waals surface area contributed by atoms with Crippen LogP contribution >= 0.6 is 0 Å². The van der Waals surface area contributed by atoms with E-state index in [1.54, 1.807) is 0 Å². The Hall–Kier alpha value is -1.58. The van der Waals surface area contributed by atoms with Crippen LogP contribution in [-0.4, -0.2) is 16.3 Å². The molecule has 0 fully saturated rings. The van der Waals surface area contributed by atoms with Gasteiger partial charge in [0, 0.05) is 0 Å². The van der Waals surface area contributed by atoms with Crippen molar-refractivity contribution in [3.05, 3.63) is 34.9 Å². The SMILES string of the molecule is Cc1c(C(O)C(O)C#N)cccc1C(F)(F)F. The molecule has 6 heteroatoms. The zero-order valence-electron chi connectivity index (χ0n) is 8.86. The van der Waals surface area contributed by atoms with Crippen molar-refractivity contribution in [2.75, 3.05) is 0 Å². The van der Waals surface area contributed by atoms with E-state index in [9.17, 15) is 18.3 Å². The third-order valence-electron chi connectivity index (χ3n) is 2.43. The zero-order chi connectivity index (χ0) is 13.2. The highest BCUT2D eigenvalue weighted by atomic mass is 19.4. The van der Waals surface area contributed by atoms with Crippen LogP contribution in [0.3, 0.4) is 0 Å². The molecule has 92 valence electrons. The summed E-state index contributed by atoms with van der Waals surface area (Å²) in [5, 5.41) is 27.0. The first-order valence-electron chi connectivity index (χ1n) is 4.71. The fourth-order valence-corrected chi connectivity index (χ4v) is 1.52. The van der Waals surface area contributed by atoms with Crippen molar-refractivity contribution in [3.8, 4) is 6.07 Å². The molecule has 2 N–H and O–H groups in total. The van der Waals surface area contributed by atoms with Crippen molar-refractivity contribution in [3.63, 3.8) is 0 Å². The third kappa shape index (κ3) is 2.75. The first-order valence-corrected chi connectivity index (χ1v) is 4.71. The maximum atomic E-state index is 12.6. The molecule has 0 aliphatic carbocycles. The molecule has 1 rings (SSSR count). The van der Waals surface area contributed by atoms with E-state index < -0.39 is 23.9 Å². The van der Waals surface area contributed by atoms with E-state index in [4.69, 9.17) is 10.4 Å². The van der Waals surface area contributed by atoms with Crippen LogP contribution in [0.25, 0.3) is 0 Å². The van der Waals surface area contributed by atoms with Gasteiger partial charge >= 0.3 is 6.18 Å². The highest BCUT2D eigenvalue weighted by Gasteiger charge is 2.34. The van der Waals surface area contributed by atoms with Gasteiger partial charge in [-0.05, 0) is 24.1 Å². The number of hydrogen-bond donors (Lipinski definition) is 2. The monoisotopic (exact) mass is 245 g/mol. The number of benzene rings is 1. The number of hydrogen-bond acceptors (Lipinski definition) is 3. The summed E-state index contributed by atoms with van der Waals surface area (Å²) < 4.78 is 37.7. The minimum atomic E-state index is -4.53. The van der Waals surface area contributed by atoms with E-state index in [0.717, 1.165) is 12.1 Å². The predicted octanol–water partition coefficient (Wildman–Crippen LogP) is 1.93. The Morgan fingerprint density at radius 3 is 2.35 bits per heavy atom. The molecule has 0 bridgehead atoms. The van der Waals surface area contributed by atoms with E-state index >= 15 is 0 Å². The number of rotatable bonds is 2. The van der Waals surface area contributed by atoms with Crippen molar-refractivity contribution in [1.82, 2.24) is 0 Å². The second-order valence-corrected chi connectivity index (χ2v) is 3.54. The Kier molecular flexibility index (Phi) is 3.76. The maximum absolute atomic E-state index is 12.6. The lowest BCUT2D eigenvalue weighted by molar-refractivity contribution is -0.138. The van der Waals surface area contributed by atoms with Gasteiger partial charge in [0.25, 0.3) is 0 Å². The molecular formula is C11H10F3NO2. The molecule has 0 saturated heterocycles. The fourth-order valence-electron chi connectivity index (χ4n) is 1.52. The van der Waals surface area contributed by atoms with Gasteiger partial charge in [0.15, 0.2) is 6.10 Å². The number of aliphatic hydroxyl groups excluding tert-OH is 2. The smallest absolute Gasteiger partial charge is 0.385 e. The van der Waals surface area contributed by atoms with Crippen molar-refractivity contribution in [1.29, 1.82) is 5.26 Å². The zero-order valence-corrected chi connectivity index (χ0v) is 8.86. The Morgan fingerprint density at radius 2 is 1.88 bits per heavy atom. The number of nitriles is 1. The van der Waals surface area contributed by atoms with E-state index in [-0.39, 0.29) is 11.1 Å². The molecule has 2 atom stereocenters. The van der Waals surface area contributed by atoms with Gasteiger partial charge in [-0.2, -0.15) is 18.4 Å². The van der Waals surface area contributed by atoms with Crippen LogP contribution in [0.2, 0.25) is 0 Å². The summed E-state index contributed by atoms with van der Waals surface area (Å²) in [6, 6.07) is 4.62. The number of nitrogens with zero attached hydrogens (tertiary/aromatic N) is 1. The second kappa shape index (κ2) is 4.73. The Labute approximate surface area is 95.7 Å². The largest absolute Gasteiger partial charge is 0.416 e. The van der Waals surface area contributed by atoms with Crippen molar-refractivity contribution in [2.45, 2.75) is 25.3 Å². The van der Waals surface area contributed by atoms with E-state index in [1.165, 1.54) is 19.1 Å². The Balaban J connectivity index is 3.25. The summed E-state index contributed by atoms with van der Waals surface area (Å²) in [6.07, 6.45) is -7.93. The molecule has 1 aromatic carbocycles. The molecule has 17 heavy (non-hydrogen) atoms. The van der Waals surface area contributed by atoms with Gasteiger partial charge in [-0.3, -0.25) is 0 Å². The first kappa shape index (κ1) is 13.5. The molecule has 0 amide bonds. The Morgan fingerprint density at radius 1 is 1.29 bits per heavy atom. The van der Waals surface area contributed by atoms with Crippen LogP contribution in [0.5, 0.6) is 0 Å². The maximum Gasteiger partial charge on any atom is 0.416 e. The summed E-state index contributed by atoms with van der Waals surface area (Å²) in [5.41, 5.74) is -1.19. The lowest BCUT2D eigenvalue weighted by Gasteiger charge is -2.18. The summed E-state index contributed by atoms with van der Waals surface area (Å²) in [5.74, 6) is 0. The molecule has 0 aliphatic heterocycles. The van der Waals surface area contributed by atoms with Gasteiger partial charge in [0.1, 0.15) is 6.10 Å². The summed E-state index contributed by atoms with van der Waals surface area (Å²) >= 11 is 0. The van der Waals surface area contributed by atoms with Crippen LogP contribution < -0.4 is 0 Å². The summed E-state index contributed by atoms with van der Waals surface area (Å²) in [6.45, 7) is 1.19. The quantitative estimate of drug-likeness (QED) is 0.782. The summed E-state index contributed by atoms with van der Waals surface area (Å²) in [4.78, 5) is 0. The molecule has 2 unspecified atom stereocenters. The fraction of sp³-hybridized carbons (Fsp3) is 0.364. The van der Waals surface area contributed by atoms with Gasteiger partial charge < -0.3 is 10.2 Å². The molecule has 0 aliphatic rings. The molecule has 0 heterocycles. The Bertz CT molecular complexity index is 451. The first-order chi connectivity index (χ1) is 7.79. The lowest BCUT2D eigenvalue weighted by atomic mass is 9.96. The minimum Gasteiger partial charge on any atom is -0.385 e. The number of alkyl halides is 3. The standard InChI is InChI=1S/C11H10F3NO2/c1-6-7(10(17)9(16)5-15)3-2-4-8(6)11(12,13)14/h2-4,9-10,16-17H,1H3. The van der Waals surface area contributed by atoms with Crippen LogP contribution in [-0.2, 0) is 6.18 Å². The van der Waals surface area contributed by atoms with Crippen molar-refractivity contribution in [2.24, 2.45) is 0 Å². The van der Waals surface area contributed by atoms with E-state index in [2.05, 4.69) is 0 Å². The van der Waals surface area contributed by atoms with Crippen molar-refractivity contribution < 1.29 is 23.4 Å². The van der Waals surface area contributed by atoms with Gasteiger partial charge in [0.2, 0.25) is 0 Å². The molecular weight excluding hydrogens is 235 g/mol. The molecule has 0 aromatic heterocycles. The number of halogens is 3. The molecule has 3 nitrogen and oxygen atoms in total. The molecule has 0 spiro atoms. The average Bonchev–Trinajstić information content (AvgIpc) is 2.25. The van der Waals surface area contributed by atoms with E-state index in [0.29, 0.717) is 0 Å². The van der Waals surface area contributed by atoms with Crippen LogP contribution in [0, 0.1) is 18.3 Å². The van der Waals surface area contributed by atoms with Crippen LogP contribution in [0.15, 0.2) is 18.2 Å². The normalized spacial score (nSPS) is 15.1. The third-order valence-corrected chi connectivity index (χ3v) is 2.43. The van der Waals surface area contributed by atoms with Gasteiger partial charge in [-0.25, -0.2) is 0 Å². The lowest BCUT2D eigenvalue weighted by Crippen LogP contribution is -2.18. The average molecular weight is 245 g/mol. The summed E-state index contributed by atoms with van der Waals surface area (Å²) in [7, 11) is 0. The van der Waals surface area contributed by atoms with Crippen molar-refractivity contribution >= 4 is 0 Å². The van der Waals surface area contributed by atoms with Gasteiger partial charge in [0.05, 0.1) is 11.6 Å². The topological polar surface area (TPSA) is 64.2 Å². The molecule has 0 radical (unpaired) electrons. The highest BCUT2D eigenvalue weighted by molar-refractivity contribution is 5.38. The van der Waals surface area contributed by atoms with Crippen LogP contribution in [0.1, 0.15) is 22.8 Å².